The Kier molecular flexibility index (Phi) is 18.0. The number of hydrogen-bond donors (Lipinski definition) is 1. The number of rotatable bonds is 17. The van der Waals surface area contributed by atoms with E-state index in [2.05, 4.69) is 43.4 Å². The Balaban J connectivity index is 3.35. The highest BCUT2D eigenvalue weighted by molar-refractivity contribution is 5.72. The molecule has 0 radical (unpaired) electrons. The van der Waals surface area contributed by atoms with Crippen LogP contribution in [0.1, 0.15) is 84.5 Å². The van der Waals surface area contributed by atoms with Crippen LogP contribution in [0.5, 0.6) is 0 Å². The normalized spacial score (nSPS) is 13.4. The molecule has 0 aliphatic heterocycles. The van der Waals surface area contributed by atoms with Gasteiger partial charge in [-0.15, -0.1) is 0 Å². The van der Waals surface area contributed by atoms with Crippen molar-refractivity contribution in [3.63, 3.8) is 0 Å². The third-order valence-corrected chi connectivity index (χ3v) is 3.98. The second-order valence-corrected chi connectivity index (χ2v) is 6.34. The molecule has 0 fully saturated rings. The van der Waals surface area contributed by atoms with Gasteiger partial charge in [0.05, 0.1) is 0 Å². The molecule has 0 amide bonds. The van der Waals surface area contributed by atoms with Gasteiger partial charge >= 0.3 is 5.97 Å². The van der Waals surface area contributed by atoms with E-state index in [1.807, 2.05) is 6.92 Å². The summed E-state index contributed by atoms with van der Waals surface area (Å²) in [6.45, 7) is 4.60. The summed E-state index contributed by atoms with van der Waals surface area (Å²) in [5.41, 5.74) is 0. The molecule has 0 spiro atoms. The summed E-state index contributed by atoms with van der Waals surface area (Å²) in [5, 5.41) is 8.87. The van der Waals surface area contributed by atoms with Crippen molar-refractivity contribution < 1.29 is 14.6 Å². The predicted molar refractivity (Wildman–Crippen MR) is 107 cm³/mol. The van der Waals surface area contributed by atoms with E-state index >= 15 is 0 Å². The van der Waals surface area contributed by atoms with Crippen LogP contribution in [0.2, 0.25) is 0 Å². The Bertz CT molecular complexity index is 383. The Morgan fingerprint density at radius 2 is 1.40 bits per heavy atom. The first-order chi connectivity index (χ1) is 12.2. The molecule has 0 aliphatic carbocycles. The van der Waals surface area contributed by atoms with Crippen LogP contribution in [0.25, 0.3) is 0 Å². The van der Waals surface area contributed by atoms with Gasteiger partial charge in [0.1, 0.15) is 0 Å². The van der Waals surface area contributed by atoms with Gasteiger partial charge in [0, 0.05) is 6.61 Å². The van der Waals surface area contributed by atoms with Gasteiger partial charge in [-0.25, -0.2) is 4.79 Å². The van der Waals surface area contributed by atoms with Crippen molar-refractivity contribution in [3.05, 3.63) is 36.5 Å². The van der Waals surface area contributed by atoms with Crippen LogP contribution in [0, 0.1) is 0 Å². The second-order valence-electron chi connectivity index (χ2n) is 6.34. The molecule has 0 heterocycles. The molecule has 0 aromatic heterocycles. The van der Waals surface area contributed by atoms with Crippen LogP contribution < -0.4 is 0 Å². The monoisotopic (exact) mass is 350 g/mol. The lowest BCUT2D eigenvalue weighted by Crippen LogP contribution is -2.23. The molecule has 0 saturated heterocycles. The molecular weight excluding hydrogens is 312 g/mol. The molecule has 1 N–H and O–H groups in total. The molecule has 3 heteroatoms. The van der Waals surface area contributed by atoms with Crippen molar-refractivity contribution in [2.24, 2.45) is 0 Å². The first kappa shape index (κ1) is 23.6. The summed E-state index contributed by atoms with van der Waals surface area (Å²) in [7, 11) is 0. The fourth-order valence-electron chi connectivity index (χ4n) is 2.43. The molecule has 3 nitrogen and oxygen atoms in total. The van der Waals surface area contributed by atoms with E-state index in [9.17, 15) is 4.79 Å². The van der Waals surface area contributed by atoms with Gasteiger partial charge in [-0.2, -0.15) is 0 Å². The Morgan fingerprint density at radius 3 is 2.00 bits per heavy atom. The standard InChI is InChI=1S/C22H38O3/c1-3-5-6-7-8-9-10-11-12-13-14-15-16-17-18-19-20-25-21(4-2)22(23)24/h6-7,9-10,12-13,21H,3-5,8,11,14-20H2,1-2H3,(H,23,24)/b7-6-,10-9-,13-12-. The maximum Gasteiger partial charge on any atom is 0.332 e. The van der Waals surface area contributed by atoms with Crippen molar-refractivity contribution in [3.8, 4) is 0 Å². The summed E-state index contributed by atoms with van der Waals surface area (Å²) in [6, 6.07) is 0. The molecule has 0 saturated carbocycles. The number of carbonyl (C=O) groups is 1. The summed E-state index contributed by atoms with van der Waals surface area (Å²) in [5.74, 6) is -0.850. The molecule has 1 unspecified atom stereocenters. The SMILES string of the molecule is CCC/C=C\C/C=C\C/C=C\CCCCCCCOC(CC)C(=O)O. The number of carboxylic acids is 1. The van der Waals surface area contributed by atoms with E-state index in [0.717, 1.165) is 32.1 Å². The Morgan fingerprint density at radius 1 is 0.840 bits per heavy atom. The minimum Gasteiger partial charge on any atom is -0.479 e. The highest BCUT2D eigenvalue weighted by Gasteiger charge is 2.14. The van der Waals surface area contributed by atoms with Gasteiger partial charge in [-0.3, -0.25) is 0 Å². The van der Waals surface area contributed by atoms with E-state index in [1.54, 1.807) is 0 Å². The molecule has 25 heavy (non-hydrogen) atoms. The largest absolute Gasteiger partial charge is 0.479 e. The lowest BCUT2D eigenvalue weighted by atomic mass is 10.1. The zero-order chi connectivity index (χ0) is 18.6. The van der Waals surface area contributed by atoms with Gasteiger partial charge in [0.25, 0.3) is 0 Å². The quantitative estimate of drug-likeness (QED) is 0.242. The maximum absolute atomic E-state index is 10.8. The van der Waals surface area contributed by atoms with E-state index in [4.69, 9.17) is 9.84 Å². The number of unbranched alkanes of at least 4 members (excludes halogenated alkanes) is 6. The topological polar surface area (TPSA) is 46.5 Å². The average molecular weight is 351 g/mol. The molecule has 1 atom stereocenters. The van der Waals surface area contributed by atoms with Crippen molar-refractivity contribution >= 4 is 5.97 Å². The number of carboxylic acid groups (broad SMARTS) is 1. The number of aliphatic carboxylic acids is 1. The molecule has 0 bridgehead atoms. The summed E-state index contributed by atoms with van der Waals surface area (Å²) >= 11 is 0. The van der Waals surface area contributed by atoms with E-state index < -0.39 is 12.1 Å². The number of ether oxygens (including phenoxy) is 1. The van der Waals surface area contributed by atoms with E-state index in [0.29, 0.717) is 13.0 Å². The van der Waals surface area contributed by atoms with Crippen LogP contribution >= 0.6 is 0 Å². The lowest BCUT2D eigenvalue weighted by molar-refractivity contribution is -0.150. The van der Waals surface area contributed by atoms with E-state index in [1.165, 1.54) is 32.1 Å². The van der Waals surface area contributed by atoms with Crippen molar-refractivity contribution in [1.29, 1.82) is 0 Å². The smallest absolute Gasteiger partial charge is 0.332 e. The summed E-state index contributed by atoms with van der Waals surface area (Å²) in [4.78, 5) is 10.8. The van der Waals surface area contributed by atoms with Crippen molar-refractivity contribution in [2.75, 3.05) is 6.61 Å². The molecule has 0 aromatic carbocycles. The first-order valence-electron chi connectivity index (χ1n) is 10.0. The van der Waals surface area contributed by atoms with Gasteiger partial charge in [0.15, 0.2) is 6.10 Å². The Hall–Kier alpha value is -1.35. The van der Waals surface area contributed by atoms with Crippen LogP contribution in [-0.2, 0) is 9.53 Å². The third kappa shape index (κ3) is 17.3. The highest BCUT2D eigenvalue weighted by atomic mass is 16.5. The van der Waals surface area contributed by atoms with Crippen LogP contribution in [-0.4, -0.2) is 23.8 Å². The fourth-order valence-corrected chi connectivity index (χ4v) is 2.43. The van der Waals surface area contributed by atoms with Crippen molar-refractivity contribution in [1.82, 2.24) is 0 Å². The summed E-state index contributed by atoms with van der Waals surface area (Å²) in [6.07, 6.45) is 24.7. The zero-order valence-corrected chi connectivity index (χ0v) is 16.3. The van der Waals surface area contributed by atoms with Crippen LogP contribution in [0.4, 0.5) is 0 Å². The fraction of sp³-hybridized carbons (Fsp3) is 0.682. The van der Waals surface area contributed by atoms with Crippen LogP contribution in [0.15, 0.2) is 36.5 Å². The maximum atomic E-state index is 10.8. The number of hydrogen-bond acceptors (Lipinski definition) is 2. The van der Waals surface area contributed by atoms with Gasteiger partial charge in [-0.05, 0) is 44.9 Å². The van der Waals surface area contributed by atoms with E-state index in [-0.39, 0.29) is 0 Å². The zero-order valence-electron chi connectivity index (χ0n) is 16.3. The highest BCUT2D eigenvalue weighted by Crippen LogP contribution is 2.08. The molecule has 0 rings (SSSR count). The average Bonchev–Trinajstić information content (AvgIpc) is 2.60. The predicted octanol–water partition coefficient (Wildman–Crippen LogP) is 6.46. The third-order valence-electron chi connectivity index (χ3n) is 3.98. The molecule has 0 aromatic rings. The Labute approximate surface area is 154 Å². The lowest BCUT2D eigenvalue weighted by Gasteiger charge is -2.10. The first-order valence-corrected chi connectivity index (χ1v) is 10.0. The molecule has 144 valence electrons. The molecule has 0 aliphatic rings. The summed E-state index contributed by atoms with van der Waals surface area (Å²) < 4.78 is 5.35. The van der Waals surface area contributed by atoms with Gasteiger partial charge in [0.2, 0.25) is 0 Å². The van der Waals surface area contributed by atoms with Gasteiger partial charge < -0.3 is 9.84 Å². The van der Waals surface area contributed by atoms with Crippen molar-refractivity contribution in [2.45, 2.75) is 90.6 Å². The van der Waals surface area contributed by atoms with Crippen LogP contribution in [0.3, 0.4) is 0 Å². The number of allylic oxidation sites excluding steroid dienone is 6. The second kappa shape index (κ2) is 19.0. The minimum absolute atomic E-state index is 0.534. The van der Waals surface area contributed by atoms with Gasteiger partial charge in [-0.1, -0.05) is 76.0 Å². The molecular formula is C22H38O3. The minimum atomic E-state index is -0.850.